The van der Waals surface area contributed by atoms with Gasteiger partial charge in [0.15, 0.2) is 0 Å². The minimum absolute atomic E-state index is 0.132. The summed E-state index contributed by atoms with van der Waals surface area (Å²) in [5.74, 6) is 0.912. The number of carbonyl (C=O) groups excluding carboxylic acids is 1. The van der Waals surface area contributed by atoms with Crippen LogP contribution in [0.3, 0.4) is 0 Å². The highest BCUT2D eigenvalue weighted by atomic mass is 16.3. The first kappa shape index (κ1) is 14.5. The lowest BCUT2D eigenvalue weighted by Crippen LogP contribution is -2.42. The fourth-order valence-corrected chi connectivity index (χ4v) is 2.30. The van der Waals surface area contributed by atoms with Crippen LogP contribution in [0.2, 0.25) is 0 Å². The van der Waals surface area contributed by atoms with Gasteiger partial charge in [0.25, 0.3) is 0 Å². The summed E-state index contributed by atoms with van der Waals surface area (Å²) >= 11 is 0. The van der Waals surface area contributed by atoms with Gasteiger partial charge in [-0.2, -0.15) is 0 Å². The zero-order valence-electron chi connectivity index (χ0n) is 11.5. The normalized spacial score (nSPS) is 20.5. The fraction of sp³-hybridized carbons (Fsp3) is 0.929. The summed E-state index contributed by atoms with van der Waals surface area (Å²) < 4.78 is 0. The van der Waals surface area contributed by atoms with Crippen LogP contribution in [0.15, 0.2) is 0 Å². The average molecular weight is 241 g/mol. The highest BCUT2D eigenvalue weighted by molar-refractivity contribution is 5.78. The second kappa shape index (κ2) is 6.39. The van der Waals surface area contributed by atoms with Crippen molar-refractivity contribution in [2.75, 3.05) is 6.54 Å². The van der Waals surface area contributed by atoms with Gasteiger partial charge in [0.05, 0.1) is 5.60 Å². The predicted octanol–water partition coefficient (Wildman–Crippen LogP) is 2.48. The van der Waals surface area contributed by atoms with E-state index in [1.807, 2.05) is 6.92 Å². The Balaban J connectivity index is 2.25. The van der Waals surface area contributed by atoms with E-state index in [-0.39, 0.29) is 11.8 Å². The molecule has 0 aromatic rings. The molecular weight excluding hydrogens is 214 g/mol. The van der Waals surface area contributed by atoms with Crippen LogP contribution in [0, 0.1) is 11.8 Å². The molecule has 0 aromatic carbocycles. The maximum absolute atomic E-state index is 11.8. The lowest BCUT2D eigenvalue weighted by atomic mass is 9.95. The van der Waals surface area contributed by atoms with Crippen molar-refractivity contribution < 1.29 is 9.90 Å². The predicted molar refractivity (Wildman–Crippen MR) is 69.7 cm³/mol. The summed E-state index contributed by atoms with van der Waals surface area (Å²) in [5, 5.41) is 13.0. The molecule has 0 spiro atoms. The number of amides is 1. The molecule has 2 N–H and O–H groups in total. The van der Waals surface area contributed by atoms with E-state index in [0.717, 1.165) is 25.7 Å². The molecule has 1 aliphatic rings. The average Bonchev–Trinajstić information content (AvgIpc) is 2.77. The third-order valence-electron chi connectivity index (χ3n) is 3.63. The zero-order valence-corrected chi connectivity index (χ0v) is 11.5. The van der Waals surface area contributed by atoms with Gasteiger partial charge < -0.3 is 10.4 Å². The Bertz CT molecular complexity index is 243. The van der Waals surface area contributed by atoms with E-state index in [1.54, 1.807) is 0 Å². The zero-order chi connectivity index (χ0) is 12.9. The van der Waals surface area contributed by atoms with Crippen molar-refractivity contribution in [1.82, 2.24) is 5.32 Å². The quantitative estimate of drug-likeness (QED) is 0.750. The second-order valence-corrected chi connectivity index (χ2v) is 6.13. The van der Waals surface area contributed by atoms with E-state index in [2.05, 4.69) is 19.2 Å². The first-order valence-electron chi connectivity index (χ1n) is 6.91. The topological polar surface area (TPSA) is 49.3 Å². The number of carbonyl (C=O) groups is 1. The monoisotopic (exact) mass is 241 g/mol. The maximum Gasteiger partial charge on any atom is 0.223 e. The van der Waals surface area contributed by atoms with Crippen LogP contribution in [-0.4, -0.2) is 23.2 Å². The van der Waals surface area contributed by atoms with Gasteiger partial charge >= 0.3 is 0 Å². The van der Waals surface area contributed by atoms with Crippen molar-refractivity contribution in [3.63, 3.8) is 0 Å². The van der Waals surface area contributed by atoms with Crippen molar-refractivity contribution >= 4 is 5.91 Å². The van der Waals surface area contributed by atoms with Crippen LogP contribution in [0.4, 0.5) is 0 Å². The number of hydrogen-bond donors (Lipinski definition) is 2. The Morgan fingerprint density at radius 3 is 2.53 bits per heavy atom. The van der Waals surface area contributed by atoms with Gasteiger partial charge in [0.1, 0.15) is 0 Å². The molecule has 1 unspecified atom stereocenters. The minimum Gasteiger partial charge on any atom is -0.388 e. The molecule has 3 nitrogen and oxygen atoms in total. The molecule has 100 valence electrons. The molecule has 17 heavy (non-hydrogen) atoms. The van der Waals surface area contributed by atoms with Crippen LogP contribution in [0.5, 0.6) is 0 Å². The van der Waals surface area contributed by atoms with Crippen molar-refractivity contribution in [3.8, 4) is 0 Å². The van der Waals surface area contributed by atoms with E-state index in [9.17, 15) is 9.90 Å². The summed E-state index contributed by atoms with van der Waals surface area (Å²) in [7, 11) is 0. The minimum atomic E-state index is -0.765. The molecule has 1 aliphatic carbocycles. The first-order chi connectivity index (χ1) is 7.91. The lowest BCUT2D eigenvalue weighted by Gasteiger charge is -2.25. The van der Waals surface area contributed by atoms with Crippen LogP contribution >= 0.6 is 0 Å². The molecule has 1 fully saturated rings. The molecule has 0 aliphatic heterocycles. The van der Waals surface area contributed by atoms with Crippen molar-refractivity contribution in [1.29, 1.82) is 0 Å². The number of hydrogen-bond acceptors (Lipinski definition) is 2. The molecule has 0 radical (unpaired) electrons. The molecule has 0 heterocycles. The number of aliphatic hydroxyl groups is 1. The van der Waals surface area contributed by atoms with E-state index >= 15 is 0 Å². The van der Waals surface area contributed by atoms with Gasteiger partial charge in [-0.3, -0.25) is 4.79 Å². The van der Waals surface area contributed by atoms with E-state index < -0.39 is 5.60 Å². The van der Waals surface area contributed by atoms with E-state index in [0.29, 0.717) is 12.5 Å². The number of rotatable bonds is 6. The Morgan fingerprint density at radius 1 is 1.41 bits per heavy atom. The first-order valence-corrected chi connectivity index (χ1v) is 6.91. The van der Waals surface area contributed by atoms with Crippen molar-refractivity contribution in [3.05, 3.63) is 0 Å². The fourth-order valence-electron chi connectivity index (χ4n) is 2.30. The smallest absolute Gasteiger partial charge is 0.223 e. The summed E-state index contributed by atoms with van der Waals surface area (Å²) in [6, 6.07) is 0. The molecule has 1 rings (SSSR count). The maximum atomic E-state index is 11.8. The second-order valence-electron chi connectivity index (χ2n) is 6.13. The Morgan fingerprint density at radius 2 is 2.00 bits per heavy atom. The molecule has 0 bridgehead atoms. The SMILES string of the molecule is CC(C)CCC(C)(O)CNC(=O)C1CCCC1. The molecular formula is C14H27NO2. The highest BCUT2D eigenvalue weighted by Gasteiger charge is 2.26. The van der Waals surface area contributed by atoms with E-state index in [4.69, 9.17) is 0 Å². The van der Waals surface area contributed by atoms with Crippen LogP contribution in [0.1, 0.15) is 59.3 Å². The van der Waals surface area contributed by atoms with Gasteiger partial charge in [-0.25, -0.2) is 0 Å². The molecule has 1 amide bonds. The van der Waals surface area contributed by atoms with Gasteiger partial charge in [0.2, 0.25) is 5.91 Å². The Labute approximate surface area is 105 Å². The van der Waals surface area contributed by atoms with Gasteiger partial charge in [0, 0.05) is 12.5 Å². The number of nitrogens with one attached hydrogen (secondary N) is 1. The summed E-state index contributed by atoms with van der Waals surface area (Å²) in [4.78, 5) is 11.8. The third kappa shape index (κ3) is 5.53. The largest absolute Gasteiger partial charge is 0.388 e. The third-order valence-corrected chi connectivity index (χ3v) is 3.63. The summed E-state index contributed by atoms with van der Waals surface area (Å²) in [6.45, 7) is 6.49. The van der Waals surface area contributed by atoms with Gasteiger partial charge in [-0.05, 0) is 38.5 Å². The molecule has 1 saturated carbocycles. The summed E-state index contributed by atoms with van der Waals surface area (Å²) in [6.07, 6.45) is 6.10. The van der Waals surface area contributed by atoms with Crippen LogP contribution in [0.25, 0.3) is 0 Å². The van der Waals surface area contributed by atoms with E-state index in [1.165, 1.54) is 12.8 Å². The van der Waals surface area contributed by atoms with Crippen molar-refractivity contribution in [2.45, 2.75) is 64.9 Å². The van der Waals surface area contributed by atoms with Gasteiger partial charge in [-0.1, -0.05) is 26.7 Å². The van der Waals surface area contributed by atoms with Crippen molar-refractivity contribution in [2.24, 2.45) is 11.8 Å². The Hall–Kier alpha value is -0.570. The van der Waals surface area contributed by atoms with Gasteiger partial charge in [-0.15, -0.1) is 0 Å². The standard InChI is InChI=1S/C14H27NO2/c1-11(2)8-9-14(3,17)10-15-13(16)12-6-4-5-7-12/h11-12,17H,4-10H2,1-3H3,(H,15,16). The molecule has 0 aromatic heterocycles. The highest BCUT2D eigenvalue weighted by Crippen LogP contribution is 2.25. The molecule has 3 heteroatoms. The Kier molecular flexibility index (Phi) is 5.44. The van der Waals surface area contributed by atoms with Crippen LogP contribution in [-0.2, 0) is 4.79 Å². The molecule has 1 atom stereocenters. The molecule has 0 saturated heterocycles. The lowest BCUT2D eigenvalue weighted by molar-refractivity contribution is -0.126. The van der Waals surface area contributed by atoms with Crippen LogP contribution < -0.4 is 5.32 Å². The summed E-state index contributed by atoms with van der Waals surface area (Å²) in [5.41, 5.74) is -0.765.